The average molecular weight is 805 g/mol. The molecule has 19 heteroatoms. The molecule has 0 bridgehead atoms. The number of piperazine rings is 1. The number of likely N-dealkylation sites (tertiary alicyclic amines) is 1. The van der Waals surface area contributed by atoms with E-state index in [0.717, 1.165) is 59.6 Å². The molecular weight excluding hydrogens is 765 g/mol. The van der Waals surface area contributed by atoms with Crippen LogP contribution in [0.3, 0.4) is 0 Å². The van der Waals surface area contributed by atoms with Gasteiger partial charge in [0.1, 0.15) is 0 Å². The lowest BCUT2D eigenvalue weighted by Gasteiger charge is -2.40. The van der Waals surface area contributed by atoms with Crippen molar-refractivity contribution >= 4 is 40.9 Å². The summed E-state index contributed by atoms with van der Waals surface area (Å²) in [5.74, 6) is -5.06. The normalized spacial score (nSPS) is 16.2. The fourth-order valence-corrected chi connectivity index (χ4v) is 7.28. The number of hydrogen-bond acceptors (Lipinski definition) is 6. The summed E-state index contributed by atoms with van der Waals surface area (Å²) in [6.45, 7) is 3.11. The van der Waals surface area contributed by atoms with Crippen molar-refractivity contribution < 1.29 is 45.6 Å². The largest absolute Gasteiger partial charge is 0.435 e. The number of quaternary nitrogens is 1. The Morgan fingerprint density at radius 3 is 2.20 bits per heavy atom. The number of halogens is 6. The van der Waals surface area contributed by atoms with Gasteiger partial charge in [-0.3, -0.25) is 23.9 Å². The topological polar surface area (TPSA) is 148 Å². The van der Waals surface area contributed by atoms with Crippen molar-refractivity contribution in [3.63, 3.8) is 0 Å². The SMILES string of the molecule is Cn1c(-c2ccc(-c3cn(CCC(N)=O)nc3C(F)(F)F)c(F)c2F)cnc1C(=O)Nc1ccc(C(=O)N2CCN(C(=O)C3CC[N+](C)(C)CC3)CC2)c(Cl)c1. The highest BCUT2D eigenvalue weighted by molar-refractivity contribution is 6.34. The predicted octanol–water partition coefficient (Wildman–Crippen LogP) is 4.80. The molecule has 2 aromatic carbocycles. The van der Waals surface area contributed by atoms with Crippen molar-refractivity contribution in [2.24, 2.45) is 18.7 Å². The van der Waals surface area contributed by atoms with Gasteiger partial charge in [0.05, 0.1) is 49.7 Å². The molecule has 0 radical (unpaired) electrons. The van der Waals surface area contributed by atoms with Gasteiger partial charge in [0.2, 0.25) is 11.8 Å². The van der Waals surface area contributed by atoms with Gasteiger partial charge < -0.3 is 29.9 Å². The third-order valence-corrected chi connectivity index (χ3v) is 10.6. The first-order valence-electron chi connectivity index (χ1n) is 17.8. The minimum atomic E-state index is -5.02. The molecule has 56 heavy (non-hydrogen) atoms. The molecule has 4 heterocycles. The number of carbonyl (C=O) groups excluding carboxylic acids is 4. The summed E-state index contributed by atoms with van der Waals surface area (Å²) in [7, 11) is 5.68. The van der Waals surface area contributed by atoms with E-state index < -0.39 is 46.4 Å². The minimum absolute atomic E-state index is 0.00210. The molecule has 0 spiro atoms. The summed E-state index contributed by atoms with van der Waals surface area (Å²) in [6, 6.07) is 6.33. The average Bonchev–Trinajstić information content (AvgIpc) is 3.75. The number of carbonyl (C=O) groups is 4. The number of hydrogen-bond donors (Lipinski definition) is 2. The van der Waals surface area contributed by atoms with E-state index in [1.807, 2.05) is 4.90 Å². The molecule has 2 aromatic heterocycles. The van der Waals surface area contributed by atoms with Gasteiger partial charge in [0.25, 0.3) is 11.8 Å². The second-order valence-corrected chi connectivity index (χ2v) is 15.0. The van der Waals surface area contributed by atoms with Gasteiger partial charge in [0.15, 0.2) is 23.2 Å². The highest BCUT2D eigenvalue weighted by Crippen LogP contribution is 2.39. The number of alkyl halides is 3. The molecule has 2 aliphatic rings. The Balaban J connectivity index is 1.11. The highest BCUT2D eigenvalue weighted by atomic mass is 35.5. The van der Waals surface area contributed by atoms with Crippen molar-refractivity contribution in [1.29, 1.82) is 0 Å². The van der Waals surface area contributed by atoms with Crippen LogP contribution < -0.4 is 11.1 Å². The molecule has 298 valence electrons. The van der Waals surface area contributed by atoms with Crippen LogP contribution in [0.4, 0.5) is 27.6 Å². The third-order valence-electron chi connectivity index (χ3n) is 10.3. The summed E-state index contributed by atoms with van der Waals surface area (Å²) >= 11 is 6.50. The Morgan fingerprint density at radius 1 is 0.946 bits per heavy atom. The Labute approximate surface area is 323 Å². The van der Waals surface area contributed by atoms with Crippen LogP contribution in [-0.4, -0.2) is 111 Å². The van der Waals surface area contributed by atoms with Crippen LogP contribution in [0.2, 0.25) is 5.02 Å². The molecule has 2 aliphatic heterocycles. The van der Waals surface area contributed by atoms with Crippen molar-refractivity contribution in [1.82, 2.24) is 29.1 Å². The zero-order valence-electron chi connectivity index (χ0n) is 30.8. The van der Waals surface area contributed by atoms with Gasteiger partial charge in [-0.1, -0.05) is 17.7 Å². The quantitative estimate of drug-likeness (QED) is 0.184. The van der Waals surface area contributed by atoms with Crippen LogP contribution in [0, 0.1) is 17.6 Å². The van der Waals surface area contributed by atoms with Gasteiger partial charge in [-0.05, 0) is 24.3 Å². The van der Waals surface area contributed by atoms with Crippen molar-refractivity contribution in [3.8, 4) is 22.4 Å². The van der Waals surface area contributed by atoms with Gasteiger partial charge in [-0.25, -0.2) is 13.8 Å². The second-order valence-electron chi connectivity index (χ2n) is 14.6. The maximum atomic E-state index is 15.5. The number of imidazole rings is 1. The van der Waals surface area contributed by atoms with Gasteiger partial charge in [-0.2, -0.15) is 18.3 Å². The molecule has 2 saturated heterocycles. The first kappa shape index (κ1) is 40.3. The van der Waals surface area contributed by atoms with E-state index in [9.17, 15) is 32.3 Å². The summed E-state index contributed by atoms with van der Waals surface area (Å²) in [4.78, 5) is 58.4. The van der Waals surface area contributed by atoms with Crippen LogP contribution in [0.15, 0.2) is 42.7 Å². The first-order chi connectivity index (χ1) is 26.3. The summed E-state index contributed by atoms with van der Waals surface area (Å²) in [5, 5.41) is 6.09. The highest BCUT2D eigenvalue weighted by Gasteiger charge is 2.39. The van der Waals surface area contributed by atoms with E-state index in [0.29, 0.717) is 26.2 Å². The number of rotatable bonds is 9. The van der Waals surface area contributed by atoms with Crippen LogP contribution >= 0.6 is 11.6 Å². The van der Waals surface area contributed by atoms with E-state index in [1.165, 1.54) is 29.8 Å². The number of aromatic nitrogens is 4. The fourth-order valence-electron chi connectivity index (χ4n) is 7.02. The number of nitrogens with one attached hydrogen (secondary N) is 1. The number of piperidine rings is 1. The van der Waals surface area contributed by atoms with Crippen LogP contribution in [0.1, 0.15) is 45.9 Å². The number of anilines is 1. The van der Waals surface area contributed by atoms with Crippen molar-refractivity contribution in [2.45, 2.75) is 32.0 Å². The Bertz CT molecular complexity index is 2180. The lowest BCUT2D eigenvalue weighted by Crippen LogP contribution is -2.54. The maximum absolute atomic E-state index is 15.5. The molecule has 0 aliphatic carbocycles. The molecule has 0 unspecified atom stereocenters. The zero-order valence-corrected chi connectivity index (χ0v) is 31.6. The van der Waals surface area contributed by atoms with Gasteiger partial charge >= 0.3 is 6.18 Å². The van der Waals surface area contributed by atoms with E-state index in [-0.39, 0.29) is 64.1 Å². The van der Waals surface area contributed by atoms with Gasteiger partial charge in [-0.15, -0.1) is 0 Å². The van der Waals surface area contributed by atoms with E-state index in [4.69, 9.17) is 17.3 Å². The fraction of sp³-hybridized carbons (Fsp3) is 0.405. The van der Waals surface area contributed by atoms with E-state index in [1.54, 1.807) is 4.90 Å². The summed E-state index contributed by atoms with van der Waals surface area (Å²) < 4.78 is 75.3. The van der Waals surface area contributed by atoms with Crippen LogP contribution in [0.25, 0.3) is 22.4 Å². The molecule has 4 amide bonds. The monoisotopic (exact) mass is 804 g/mol. The van der Waals surface area contributed by atoms with Crippen LogP contribution in [-0.2, 0) is 29.4 Å². The molecule has 3 N–H and O–H groups in total. The number of aryl methyl sites for hydroxylation is 1. The Hall–Kier alpha value is -5.36. The molecule has 0 atom stereocenters. The number of amides is 4. The smallest absolute Gasteiger partial charge is 0.370 e. The Morgan fingerprint density at radius 2 is 1.57 bits per heavy atom. The third kappa shape index (κ3) is 8.40. The lowest BCUT2D eigenvalue weighted by atomic mass is 9.94. The molecule has 2 fully saturated rings. The first-order valence-corrected chi connectivity index (χ1v) is 18.2. The van der Waals surface area contributed by atoms with Gasteiger partial charge in [0, 0.05) is 93.5 Å². The predicted molar refractivity (Wildman–Crippen MR) is 195 cm³/mol. The Kier molecular flexibility index (Phi) is 11.3. The molecule has 13 nitrogen and oxygen atoms in total. The number of primary amides is 1. The molecule has 0 saturated carbocycles. The van der Waals surface area contributed by atoms with Crippen molar-refractivity contribution in [3.05, 3.63) is 76.5 Å². The van der Waals surface area contributed by atoms with Crippen molar-refractivity contribution in [2.75, 3.05) is 58.7 Å². The van der Waals surface area contributed by atoms with E-state index >= 15 is 8.78 Å². The van der Waals surface area contributed by atoms with Crippen LogP contribution in [0.5, 0.6) is 0 Å². The zero-order chi connectivity index (χ0) is 40.7. The van der Waals surface area contributed by atoms with E-state index in [2.05, 4.69) is 29.5 Å². The lowest BCUT2D eigenvalue weighted by molar-refractivity contribution is -0.895. The minimum Gasteiger partial charge on any atom is -0.370 e. The second kappa shape index (κ2) is 15.6. The number of nitrogens with zero attached hydrogens (tertiary/aromatic N) is 7. The standard InChI is InChI=1S/C37H39ClF5N9O4/c1-48-28(25-7-6-23(30(39)31(25)40)26-20-51(11-8-29(44)53)47-32(26)37(41,42)43)19-45-33(48)34(54)46-22-4-5-24(27(38)18-22)36(56)50-14-12-49(13-15-50)35(55)21-9-16-52(2,3)17-10-21/h4-7,18-21H,8-17H2,1-3H3,(H2-,44,46,53,54,56)/p+1. The number of nitrogens with two attached hydrogens (primary N) is 1. The maximum Gasteiger partial charge on any atom is 0.435 e. The molecule has 4 aromatic rings. The summed E-state index contributed by atoms with van der Waals surface area (Å²) in [5.41, 5.74) is 2.10. The summed E-state index contributed by atoms with van der Waals surface area (Å²) in [6.07, 6.45) is -1.72. The number of benzene rings is 2. The molecule has 6 rings (SSSR count). The molecular formula is C37H40ClF5N9O4+.